The van der Waals surface area contributed by atoms with Crippen LogP contribution in [-0.4, -0.2) is 68.4 Å². The third kappa shape index (κ3) is 4.80. The van der Waals surface area contributed by atoms with E-state index in [0.717, 1.165) is 28.2 Å². The number of amides is 1. The molecule has 0 saturated carbocycles. The highest BCUT2D eigenvalue weighted by Crippen LogP contribution is 2.29. The van der Waals surface area contributed by atoms with Gasteiger partial charge in [0.15, 0.2) is 15.0 Å². The van der Waals surface area contributed by atoms with E-state index in [0.29, 0.717) is 17.4 Å². The topological polar surface area (TPSA) is 147 Å². The van der Waals surface area contributed by atoms with Crippen molar-refractivity contribution >= 4 is 44.4 Å². The number of thioether (sulfide) groups is 1. The van der Waals surface area contributed by atoms with Crippen molar-refractivity contribution in [3.8, 4) is 0 Å². The number of carboxylic acid groups (broad SMARTS) is 1. The number of fused-ring (bicyclic) bond motifs is 1. The maximum atomic E-state index is 12.4. The molecule has 1 aliphatic heterocycles. The van der Waals surface area contributed by atoms with Gasteiger partial charge in [0, 0.05) is 36.5 Å². The second-order valence-corrected chi connectivity index (χ2v) is 11.0. The summed E-state index contributed by atoms with van der Waals surface area (Å²) < 4.78 is 25.1. The van der Waals surface area contributed by atoms with Gasteiger partial charge in [0.25, 0.3) is 0 Å². The minimum Gasteiger partial charge on any atom is -0.480 e. The molecule has 1 amide bonds. The summed E-state index contributed by atoms with van der Waals surface area (Å²) in [6.07, 6.45) is 2.42. The van der Waals surface area contributed by atoms with Gasteiger partial charge in [-0.2, -0.15) is 0 Å². The predicted molar refractivity (Wildman–Crippen MR) is 119 cm³/mol. The maximum Gasteiger partial charge on any atom is 0.326 e. The van der Waals surface area contributed by atoms with Crippen molar-refractivity contribution in [3.05, 3.63) is 41.9 Å². The van der Waals surface area contributed by atoms with Crippen molar-refractivity contribution < 1.29 is 23.1 Å². The number of nitrogens with one attached hydrogen (secondary N) is 2. The molecule has 3 aromatic rings. The quantitative estimate of drug-likeness (QED) is 0.409. The molecule has 1 fully saturated rings. The lowest BCUT2D eigenvalue weighted by Crippen LogP contribution is -2.43. The molecule has 0 spiro atoms. The second-order valence-electron chi connectivity index (χ2n) is 7.81. The van der Waals surface area contributed by atoms with Gasteiger partial charge in [0.1, 0.15) is 11.9 Å². The molecule has 0 bridgehead atoms. The molecule has 3 heterocycles. The molecule has 1 saturated heterocycles. The SMILES string of the molecule is Cn1c(SCC(=O)NC(Cc2c[nH]c3ccccc23)C(=O)O)nnc1C1CCS(=O)(=O)C1. The summed E-state index contributed by atoms with van der Waals surface area (Å²) in [5, 5.41) is 21.7. The fraction of sp³-hybridized carbons (Fsp3) is 0.400. The molecule has 2 aromatic heterocycles. The van der Waals surface area contributed by atoms with Crippen LogP contribution < -0.4 is 5.32 Å². The predicted octanol–water partition coefficient (Wildman–Crippen LogP) is 1.10. The first kappa shape index (κ1) is 22.3. The van der Waals surface area contributed by atoms with E-state index < -0.39 is 27.8 Å². The van der Waals surface area contributed by atoms with E-state index in [1.807, 2.05) is 24.3 Å². The van der Waals surface area contributed by atoms with Crippen molar-refractivity contribution in [1.82, 2.24) is 25.1 Å². The average molecular weight is 478 g/mol. The highest BCUT2D eigenvalue weighted by molar-refractivity contribution is 7.99. The number of carboxylic acids is 1. The maximum absolute atomic E-state index is 12.4. The first-order valence-corrected chi connectivity index (χ1v) is 12.8. The standard InChI is InChI=1S/C20H23N5O5S2/c1-25-18(12-6-7-32(29,30)11-12)23-24-20(25)31-10-17(26)22-16(19(27)28)8-13-9-21-15-5-3-2-4-14(13)15/h2-5,9,12,16,21H,6-8,10-11H2,1H3,(H,22,26)(H,27,28). The Kier molecular flexibility index (Phi) is 6.24. The van der Waals surface area contributed by atoms with E-state index in [9.17, 15) is 23.1 Å². The number of sulfone groups is 1. The Hall–Kier alpha value is -2.86. The average Bonchev–Trinajstić information content (AvgIpc) is 3.43. The molecule has 1 aliphatic rings. The fourth-order valence-electron chi connectivity index (χ4n) is 3.89. The summed E-state index contributed by atoms with van der Waals surface area (Å²) in [7, 11) is -1.31. The molecule has 0 aliphatic carbocycles. The number of benzene rings is 1. The molecule has 3 N–H and O–H groups in total. The molecule has 2 atom stereocenters. The fourth-order valence-corrected chi connectivity index (χ4v) is 6.36. The summed E-state index contributed by atoms with van der Waals surface area (Å²) in [6.45, 7) is 0. The van der Waals surface area contributed by atoms with Gasteiger partial charge in [-0.1, -0.05) is 30.0 Å². The normalized spacial score (nSPS) is 18.6. The number of carbonyl (C=O) groups is 2. The minimum atomic E-state index is -3.04. The lowest BCUT2D eigenvalue weighted by molar-refractivity contribution is -0.141. The lowest BCUT2D eigenvalue weighted by atomic mass is 10.1. The van der Waals surface area contributed by atoms with Gasteiger partial charge >= 0.3 is 5.97 Å². The number of aliphatic carboxylic acids is 1. The van der Waals surface area contributed by atoms with E-state index in [1.165, 1.54) is 0 Å². The van der Waals surface area contributed by atoms with Crippen LogP contribution in [0.4, 0.5) is 0 Å². The zero-order valence-corrected chi connectivity index (χ0v) is 18.9. The third-order valence-corrected chi connectivity index (χ3v) is 8.32. The van der Waals surface area contributed by atoms with E-state index >= 15 is 0 Å². The summed E-state index contributed by atoms with van der Waals surface area (Å²) in [4.78, 5) is 27.3. The van der Waals surface area contributed by atoms with E-state index in [-0.39, 0.29) is 29.6 Å². The molecule has 1 aromatic carbocycles. The molecule has 0 radical (unpaired) electrons. The van der Waals surface area contributed by atoms with Crippen LogP contribution >= 0.6 is 11.8 Å². The van der Waals surface area contributed by atoms with Gasteiger partial charge < -0.3 is 20.0 Å². The monoisotopic (exact) mass is 477 g/mol. The molecule has 10 nitrogen and oxygen atoms in total. The number of aromatic amines is 1. The lowest BCUT2D eigenvalue weighted by Gasteiger charge is -2.14. The number of H-pyrrole nitrogens is 1. The zero-order chi connectivity index (χ0) is 22.9. The van der Waals surface area contributed by atoms with Crippen molar-refractivity contribution in [2.45, 2.75) is 30.0 Å². The first-order valence-electron chi connectivity index (χ1n) is 10.0. The molecule has 170 valence electrons. The molecule has 12 heteroatoms. The molecular formula is C20H23N5O5S2. The minimum absolute atomic E-state index is 0.0351. The first-order chi connectivity index (χ1) is 15.2. The van der Waals surface area contributed by atoms with Crippen LogP contribution in [0.1, 0.15) is 23.7 Å². The van der Waals surface area contributed by atoms with Gasteiger partial charge in [-0.05, 0) is 18.1 Å². The summed E-state index contributed by atoms with van der Waals surface area (Å²) in [5.41, 5.74) is 1.71. The summed E-state index contributed by atoms with van der Waals surface area (Å²) in [6, 6.07) is 6.50. The van der Waals surface area contributed by atoms with Crippen LogP contribution in [0.5, 0.6) is 0 Å². The Morgan fingerprint density at radius 2 is 2.12 bits per heavy atom. The van der Waals surface area contributed by atoms with Crippen molar-refractivity contribution in [3.63, 3.8) is 0 Å². The molecular weight excluding hydrogens is 454 g/mol. The number of para-hydroxylation sites is 1. The van der Waals surface area contributed by atoms with Crippen LogP contribution in [0, 0.1) is 0 Å². The van der Waals surface area contributed by atoms with Crippen LogP contribution in [0.15, 0.2) is 35.6 Å². The number of hydrogen-bond donors (Lipinski definition) is 3. The van der Waals surface area contributed by atoms with Gasteiger partial charge in [-0.3, -0.25) is 4.79 Å². The summed E-state index contributed by atoms with van der Waals surface area (Å²) >= 11 is 1.13. The number of rotatable bonds is 8. The van der Waals surface area contributed by atoms with Crippen LogP contribution in [-0.2, 0) is 32.9 Å². The van der Waals surface area contributed by atoms with Crippen LogP contribution in [0.3, 0.4) is 0 Å². The van der Waals surface area contributed by atoms with E-state index in [4.69, 9.17) is 0 Å². The smallest absolute Gasteiger partial charge is 0.326 e. The number of aromatic nitrogens is 4. The highest BCUT2D eigenvalue weighted by Gasteiger charge is 2.32. The van der Waals surface area contributed by atoms with Crippen molar-refractivity contribution in [2.75, 3.05) is 17.3 Å². The zero-order valence-electron chi connectivity index (χ0n) is 17.3. The Bertz CT molecular complexity index is 1270. The number of carbonyl (C=O) groups excluding carboxylic acids is 1. The Balaban J connectivity index is 1.37. The second kappa shape index (κ2) is 8.94. The van der Waals surface area contributed by atoms with Crippen LogP contribution in [0.25, 0.3) is 10.9 Å². The molecule has 4 rings (SSSR count). The highest BCUT2D eigenvalue weighted by atomic mass is 32.2. The van der Waals surface area contributed by atoms with Gasteiger partial charge in [0.2, 0.25) is 5.91 Å². The number of nitrogens with zero attached hydrogens (tertiary/aromatic N) is 3. The third-order valence-electron chi connectivity index (χ3n) is 5.53. The Morgan fingerprint density at radius 3 is 2.84 bits per heavy atom. The Labute approximate surface area is 188 Å². The van der Waals surface area contributed by atoms with Crippen molar-refractivity contribution in [2.24, 2.45) is 7.05 Å². The summed E-state index contributed by atoms with van der Waals surface area (Å²) in [5.74, 6) is -1.01. The van der Waals surface area contributed by atoms with Crippen LogP contribution in [0.2, 0.25) is 0 Å². The van der Waals surface area contributed by atoms with E-state index in [2.05, 4.69) is 20.5 Å². The van der Waals surface area contributed by atoms with Crippen molar-refractivity contribution in [1.29, 1.82) is 0 Å². The van der Waals surface area contributed by atoms with Gasteiger partial charge in [-0.15, -0.1) is 10.2 Å². The van der Waals surface area contributed by atoms with Gasteiger partial charge in [0.05, 0.1) is 17.3 Å². The molecule has 2 unspecified atom stereocenters. The molecule has 32 heavy (non-hydrogen) atoms. The van der Waals surface area contributed by atoms with E-state index in [1.54, 1.807) is 17.8 Å². The Morgan fingerprint density at radius 1 is 1.34 bits per heavy atom. The van der Waals surface area contributed by atoms with Gasteiger partial charge in [-0.25, -0.2) is 13.2 Å². The number of hydrogen-bond acceptors (Lipinski definition) is 7. The largest absolute Gasteiger partial charge is 0.480 e.